The fraction of sp³-hybridized carbons (Fsp3) is 0.261. The van der Waals surface area contributed by atoms with Crippen LogP contribution in [0.25, 0.3) is 11.1 Å². The molecular weight excluding hydrogens is 414 g/mol. The van der Waals surface area contributed by atoms with Crippen LogP contribution in [0.3, 0.4) is 0 Å². The predicted octanol–water partition coefficient (Wildman–Crippen LogP) is 5.98. The molecule has 1 aromatic carbocycles. The summed E-state index contributed by atoms with van der Waals surface area (Å²) in [6.07, 6.45) is 6.07. The Hall–Kier alpha value is -2.53. The average molecular weight is 438 g/mol. The molecule has 0 aliphatic rings. The van der Waals surface area contributed by atoms with Crippen molar-refractivity contribution >= 4 is 27.5 Å². The van der Waals surface area contributed by atoms with E-state index in [9.17, 15) is 4.79 Å². The molecule has 3 rings (SSSR count). The number of hydrogen-bond acceptors (Lipinski definition) is 3. The molecule has 1 unspecified atom stereocenters. The van der Waals surface area contributed by atoms with Gasteiger partial charge < -0.3 is 5.32 Å². The van der Waals surface area contributed by atoms with Gasteiger partial charge in [-0.2, -0.15) is 0 Å². The number of benzene rings is 1. The van der Waals surface area contributed by atoms with Crippen LogP contribution in [0.1, 0.15) is 37.4 Å². The highest BCUT2D eigenvalue weighted by Crippen LogP contribution is 2.28. The molecule has 0 bridgehead atoms. The maximum Gasteiger partial charge on any atom is 0.231 e. The summed E-state index contributed by atoms with van der Waals surface area (Å²) in [5.41, 5.74) is 4.90. The molecule has 5 heteroatoms. The molecule has 1 amide bonds. The SMILES string of the molecule is Cc1cc(-c2ccc(NC(=O)C(CC(C)C)c3cncc(Br)c3)cc2)ccn1. The van der Waals surface area contributed by atoms with Gasteiger partial charge in [0.05, 0.1) is 5.92 Å². The molecule has 0 saturated heterocycles. The summed E-state index contributed by atoms with van der Waals surface area (Å²) >= 11 is 3.45. The van der Waals surface area contributed by atoms with Crippen LogP contribution in [0, 0.1) is 12.8 Å². The van der Waals surface area contributed by atoms with Crippen LogP contribution in [0.4, 0.5) is 5.69 Å². The van der Waals surface area contributed by atoms with Crippen molar-refractivity contribution in [3.8, 4) is 11.1 Å². The van der Waals surface area contributed by atoms with Gasteiger partial charge in [0.1, 0.15) is 0 Å². The van der Waals surface area contributed by atoms with Gasteiger partial charge in [0, 0.05) is 34.4 Å². The zero-order valence-corrected chi connectivity index (χ0v) is 17.9. The monoisotopic (exact) mass is 437 g/mol. The Morgan fingerprint density at radius 1 is 1.07 bits per heavy atom. The third-order valence-corrected chi connectivity index (χ3v) is 4.97. The standard InChI is InChI=1S/C23H24BrN3O/c1-15(2)10-22(19-12-20(24)14-25-13-19)23(28)27-21-6-4-17(5-7-21)18-8-9-26-16(3)11-18/h4-9,11-15,22H,10H2,1-3H3,(H,27,28). The Morgan fingerprint density at radius 2 is 1.82 bits per heavy atom. The summed E-state index contributed by atoms with van der Waals surface area (Å²) in [6, 6.07) is 13.9. The smallest absolute Gasteiger partial charge is 0.231 e. The van der Waals surface area contributed by atoms with E-state index >= 15 is 0 Å². The number of anilines is 1. The van der Waals surface area contributed by atoms with Gasteiger partial charge in [-0.3, -0.25) is 14.8 Å². The Bertz CT molecular complexity index is 954. The molecule has 0 fully saturated rings. The summed E-state index contributed by atoms with van der Waals surface area (Å²) in [6.45, 7) is 6.22. The molecular formula is C23H24BrN3O. The van der Waals surface area contributed by atoms with Crippen LogP contribution in [0.5, 0.6) is 0 Å². The van der Waals surface area contributed by atoms with Crippen LogP contribution < -0.4 is 5.32 Å². The van der Waals surface area contributed by atoms with Crippen LogP contribution in [0.15, 0.2) is 65.5 Å². The minimum Gasteiger partial charge on any atom is -0.326 e. The molecule has 1 atom stereocenters. The summed E-state index contributed by atoms with van der Waals surface area (Å²) in [5, 5.41) is 3.06. The second kappa shape index (κ2) is 9.11. The maximum absolute atomic E-state index is 13.0. The lowest BCUT2D eigenvalue weighted by atomic mass is 9.90. The molecule has 2 heterocycles. The number of aryl methyl sites for hydroxylation is 1. The van der Waals surface area contributed by atoms with Crippen molar-refractivity contribution in [2.75, 3.05) is 5.32 Å². The highest BCUT2D eigenvalue weighted by molar-refractivity contribution is 9.10. The predicted molar refractivity (Wildman–Crippen MR) is 117 cm³/mol. The number of pyridine rings is 2. The van der Waals surface area contributed by atoms with Gasteiger partial charge in [0.25, 0.3) is 0 Å². The molecule has 0 radical (unpaired) electrons. The van der Waals surface area contributed by atoms with E-state index in [0.29, 0.717) is 5.92 Å². The van der Waals surface area contributed by atoms with E-state index in [4.69, 9.17) is 0 Å². The molecule has 4 nitrogen and oxygen atoms in total. The molecule has 0 saturated carbocycles. The van der Waals surface area contributed by atoms with Crippen LogP contribution in [-0.4, -0.2) is 15.9 Å². The Kier molecular flexibility index (Phi) is 6.57. The summed E-state index contributed by atoms with van der Waals surface area (Å²) in [7, 11) is 0. The van der Waals surface area contributed by atoms with Crippen molar-refractivity contribution in [3.63, 3.8) is 0 Å². The first kappa shape index (κ1) is 20.2. The molecule has 28 heavy (non-hydrogen) atoms. The topological polar surface area (TPSA) is 54.9 Å². The van der Waals surface area contributed by atoms with Gasteiger partial charge in [-0.05, 0) is 82.2 Å². The Morgan fingerprint density at radius 3 is 2.46 bits per heavy atom. The molecule has 0 aliphatic carbocycles. The fourth-order valence-corrected chi connectivity index (χ4v) is 3.57. The number of nitrogens with one attached hydrogen (secondary N) is 1. The van der Waals surface area contributed by atoms with Gasteiger partial charge in [-0.1, -0.05) is 26.0 Å². The summed E-state index contributed by atoms with van der Waals surface area (Å²) < 4.78 is 0.878. The summed E-state index contributed by atoms with van der Waals surface area (Å²) in [5.74, 6) is 0.140. The first-order valence-electron chi connectivity index (χ1n) is 9.37. The van der Waals surface area contributed by atoms with Crippen LogP contribution in [0.2, 0.25) is 0 Å². The molecule has 3 aromatic rings. The van der Waals surface area contributed by atoms with Crippen molar-refractivity contribution in [1.82, 2.24) is 9.97 Å². The number of carbonyl (C=O) groups is 1. The van der Waals surface area contributed by atoms with Crippen molar-refractivity contribution in [2.24, 2.45) is 5.92 Å². The number of amides is 1. The van der Waals surface area contributed by atoms with Gasteiger partial charge in [-0.15, -0.1) is 0 Å². The molecule has 0 spiro atoms. The van der Waals surface area contributed by atoms with Crippen molar-refractivity contribution in [3.05, 3.63) is 76.8 Å². The van der Waals surface area contributed by atoms with Gasteiger partial charge in [-0.25, -0.2) is 0 Å². The number of carbonyl (C=O) groups excluding carboxylic acids is 1. The van der Waals surface area contributed by atoms with Crippen LogP contribution in [-0.2, 0) is 4.79 Å². The first-order valence-corrected chi connectivity index (χ1v) is 10.2. The van der Waals surface area contributed by atoms with Gasteiger partial charge >= 0.3 is 0 Å². The lowest BCUT2D eigenvalue weighted by Gasteiger charge is -2.19. The highest BCUT2D eigenvalue weighted by atomic mass is 79.9. The van der Waals surface area contributed by atoms with Crippen molar-refractivity contribution < 1.29 is 4.79 Å². The average Bonchev–Trinajstić information content (AvgIpc) is 2.66. The molecule has 144 valence electrons. The Labute approximate surface area is 174 Å². The minimum absolute atomic E-state index is 0.0129. The number of halogens is 1. The highest BCUT2D eigenvalue weighted by Gasteiger charge is 2.22. The second-order valence-corrected chi connectivity index (χ2v) is 8.29. The van der Waals surface area contributed by atoms with E-state index in [1.807, 2.05) is 55.6 Å². The number of hydrogen-bond donors (Lipinski definition) is 1. The molecule has 1 N–H and O–H groups in total. The number of aromatic nitrogens is 2. The van der Waals surface area contributed by atoms with E-state index in [-0.39, 0.29) is 11.8 Å². The van der Waals surface area contributed by atoms with Gasteiger partial charge in [0.15, 0.2) is 0 Å². The summed E-state index contributed by atoms with van der Waals surface area (Å²) in [4.78, 5) is 21.5. The fourth-order valence-electron chi connectivity index (χ4n) is 3.19. The Balaban J connectivity index is 1.77. The molecule has 0 aliphatic heterocycles. The van der Waals surface area contributed by atoms with E-state index in [0.717, 1.165) is 39.0 Å². The van der Waals surface area contributed by atoms with E-state index < -0.39 is 0 Å². The maximum atomic E-state index is 13.0. The third kappa shape index (κ3) is 5.26. The third-order valence-electron chi connectivity index (χ3n) is 4.53. The van der Waals surface area contributed by atoms with E-state index in [2.05, 4.69) is 45.1 Å². The van der Waals surface area contributed by atoms with Crippen molar-refractivity contribution in [1.29, 1.82) is 0 Å². The van der Waals surface area contributed by atoms with Crippen LogP contribution >= 0.6 is 15.9 Å². The molecule has 2 aromatic heterocycles. The van der Waals surface area contributed by atoms with E-state index in [1.54, 1.807) is 12.4 Å². The first-order chi connectivity index (χ1) is 13.4. The minimum atomic E-state index is -0.243. The largest absolute Gasteiger partial charge is 0.326 e. The normalized spacial score (nSPS) is 12.0. The van der Waals surface area contributed by atoms with Crippen molar-refractivity contribution in [2.45, 2.75) is 33.1 Å². The zero-order valence-electron chi connectivity index (χ0n) is 16.3. The van der Waals surface area contributed by atoms with E-state index in [1.165, 1.54) is 0 Å². The number of rotatable bonds is 6. The van der Waals surface area contributed by atoms with Gasteiger partial charge in [0.2, 0.25) is 5.91 Å². The quantitative estimate of drug-likeness (QED) is 0.515. The number of nitrogens with zero attached hydrogens (tertiary/aromatic N) is 2. The second-order valence-electron chi connectivity index (χ2n) is 7.37. The lowest BCUT2D eigenvalue weighted by molar-refractivity contribution is -0.118. The zero-order chi connectivity index (χ0) is 20.1. The lowest BCUT2D eigenvalue weighted by Crippen LogP contribution is -2.22.